The molecule has 5 aliphatic rings. The van der Waals surface area contributed by atoms with Gasteiger partial charge in [-0.2, -0.15) is 0 Å². The molecule has 216 valence electrons. The zero-order valence-corrected chi connectivity index (χ0v) is 25.4. The molecule has 4 fully saturated rings. The molecular weight excluding hydrogens is 542 g/mol. The van der Waals surface area contributed by atoms with Crippen molar-refractivity contribution < 1.29 is 0 Å². The largest absolute Gasteiger partial charge is 0.309 e. The monoisotopic (exact) mass is 577 g/mol. The maximum absolute atomic E-state index is 2.67. The van der Waals surface area contributed by atoms with Crippen molar-refractivity contribution in [2.75, 3.05) is 0 Å². The van der Waals surface area contributed by atoms with E-state index >= 15 is 0 Å². The molecule has 7 aromatic rings. The molecule has 6 aromatic carbocycles. The molecule has 1 aromatic heterocycles. The first-order valence-corrected chi connectivity index (χ1v) is 17.0. The maximum Gasteiger partial charge on any atom is 0.0547 e. The molecule has 0 amide bonds. The van der Waals surface area contributed by atoms with E-state index in [1.54, 1.807) is 11.1 Å². The molecule has 1 heterocycles. The third-order valence-electron chi connectivity index (χ3n) is 12.6. The van der Waals surface area contributed by atoms with Crippen LogP contribution in [0.4, 0.5) is 0 Å². The average Bonchev–Trinajstić information content (AvgIpc) is 3.57. The lowest BCUT2D eigenvalue weighted by atomic mass is 9.43. The second-order valence-electron chi connectivity index (χ2n) is 14.6. The summed E-state index contributed by atoms with van der Waals surface area (Å²) >= 11 is 0. The summed E-state index contributed by atoms with van der Waals surface area (Å²) in [6.07, 6.45) is 7.12. The Morgan fingerprint density at radius 2 is 1.18 bits per heavy atom. The Hall–Kier alpha value is -4.62. The van der Waals surface area contributed by atoms with Crippen LogP contribution in [0.15, 0.2) is 127 Å². The molecule has 45 heavy (non-hydrogen) atoms. The highest BCUT2D eigenvalue weighted by atomic mass is 15.0. The van der Waals surface area contributed by atoms with Gasteiger partial charge < -0.3 is 4.57 Å². The molecule has 0 saturated heterocycles. The van der Waals surface area contributed by atoms with Gasteiger partial charge in [-0.25, -0.2) is 0 Å². The van der Waals surface area contributed by atoms with Crippen LogP contribution in [-0.2, 0) is 5.41 Å². The van der Waals surface area contributed by atoms with Gasteiger partial charge in [-0.1, -0.05) is 97.1 Å². The zero-order chi connectivity index (χ0) is 29.3. The summed E-state index contributed by atoms with van der Waals surface area (Å²) in [5.41, 5.74) is 12.8. The summed E-state index contributed by atoms with van der Waals surface area (Å²) in [6, 6.07) is 48.4. The molecule has 1 heteroatoms. The summed E-state index contributed by atoms with van der Waals surface area (Å²) in [4.78, 5) is 0. The summed E-state index contributed by atoms with van der Waals surface area (Å²) in [5.74, 6) is 3.41. The van der Waals surface area contributed by atoms with Crippen LogP contribution in [0.5, 0.6) is 0 Å². The molecule has 0 unspecified atom stereocenters. The van der Waals surface area contributed by atoms with Crippen LogP contribution >= 0.6 is 0 Å². The normalized spacial score (nSPS) is 25.9. The highest BCUT2D eigenvalue weighted by Gasteiger charge is 2.61. The zero-order valence-electron chi connectivity index (χ0n) is 25.4. The van der Waals surface area contributed by atoms with E-state index in [9.17, 15) is 0 Å². The van der Waals surface area contributed by atoms with E-state index in [1.807, 2.05) is 0 Å². The third-order valence-corrected chi connectivity index (χ3v) is 12.6. The Balaban J connectivity index is 1.23. The van der Waals surface area contributed by atoms with Crippen LogP contribution in [0.25, 0.3) is 60.5 Å². The SMILES string of the molecule is c1ccc(-c2ccc(-n3c4cc5c(cc4c4c6ccccc6ccc43)-c3ccccc3C53C4CC5CC(C4)CC3C5)cc2)cc1. The predicted molar refractivity (Wildman–Crippen MR) is 187 cm³/mol. The van der Waals surface area contributed by atoms with E-state index in [2.05, 4.69) is 132 Å². The van der Waals surface area contributed by atoms with E-state index in [4.69, 9.17) is 0 Å². The molecule has 1 nitrogen and oxygen atoms in total. The van der Waals surface area contributed by atoms with Crippen molar-refractivity contribution in [3.05, 3.63) is 139 Å². The lowest BCUT2D eigenvalue weighted by molar-refractivity contribution is -0.0399. The van der Waals surface area contributed by atoms with Crippen molar-refractivity contribution in [2.24, 2.45) is 23.7 Å². The van der Waals surface area contributed by atoms with Crippen molar-refractivity contribution in [1.29, 1.82) is 0 Å². The van der Waals surface area contributed by atoms with Gasteiger partial charge in [-0.05, 0) is 130 Å². The van der Waals surface area contributed by atoms with E-state index in [0.717, 1.165) is 23.7 Å². The smallest absolute Gasteiger partial charge is 0.0547 e. The second kappa shape index (κ2) is 8.76. The Morgan fingerprint density at radius 1 is 0.489 bits per heavy atom. The maximum atomic E-state index is 2.67. The molecule has 1 spiro atoms. The van der Waals surface area contributed by atoms with E-state index in [-0.39, 0.29) is 5.41 Å². The van der Waals surface area contributed by atoms with Gasteiger partial charge in [0.2, 0.25) is 0 Å². The number of aromatic nitrogens is 1. The minimum Gasteiger partial charge on any atom is -0.309 e. The minimum atomic E-state index is 0.161. The first-order valence-electron chi connectivity index (χ1n) is 17.0. The summed E-state index contributed by atoms with van der Waals surface area (Å²) < 4.78 is 2.57. The van der Waals surface area contributed by atoms with Crippen molar-refractivity contribution in [3.63, 3.8) is 0 Å². The molecule has 4 saturated carbocycles. The van der Waals surface area contributed by atoms with E-state index < -0.39 is 0 Å². The fourth-order valence-electron chi connectivity index (χ4n) is 11.1. The molecule has 0 radical (unpaired) electrons. The molecule has 12 rings (SSSR count). The molecular formula is C44H35N. The van der Waals surface area contributed by atoms with Crippen molar-refractivity contribution in [2.45, 2.75) is 37.5 Å². The number of benzene rings is 6. The molecule has 4 bridgehead atoms. The van der Waals surface area contributed by atoms with Crippen LogP contribution in [0.1, 0.15) is 43.2 Å². The number of rotatable bonds is 2. The highest BCUT2D eigenvalue weighted by Crippen LogP contribution is 2.69. The van der Waals surface area contributed by atoms with Crippen LogP contribution in [0, 0.1) is 23.7 Å². The Labute approximate surface area is 264 Å². The summed E-state index contributed by atoms with van der Waals surface area (Å²) in [5, 5.41) is 5.40. The highest BCUT2D eigenvalue weighted by molar-refractivity contribution is 6.22. The Morgan fingerprint density at radius 3 is 1.98 bits per heavy atom. The predicted octanol–water partition coefficient (Wildman–Crippen LogP) is 11.3. The fraction of sp³-hybridized carbons (Fsp3) is 0.227. The summed E-state index contributed by atoms with van der Waals surface area (Å²) in [7, 11) is 0. The number of hydrogen-bond donors (Lipinski definition) is 0. The van der Waals surface area contributed by atoms with Gasteiger partial charge in [-0.15, -0.1) is 0 Å². The fourth-order valence-corrected chi connectivity index (χ4v) is 11.1. The summed E-state index contributed by atoms with van der Waals surface area (Å²) in [6.45, 7) is 0. The van der Waals surface area contributed by atoms with E-state index in [1.165, 1.54) is 92.6 Å². The van der Waals surface area contributed by atoms with Crippen molar-refractivity contribution in [1.82, 2.24) is 4.57 Å². The molecule has 0 N–H and O–H groups in total. The van der Waals surface area contributed by atoms with Crippen LogP contribution < -0.4 is 0 Å². The second-order valence-corrected chi connectivity index (χ2v) is 14.6. The number of fused-ring (bicyclic) bond motifs is 8. The first kappa shape index (κ1) is 24.7. The Kier molecular flexibility index (Phi) is 4.80. The van der Waals surface area contributed by atoms with Gasteiger partial charge in [0.1, 0.15) is 0 Å². The first-order chi connectivity index (χ1) is 22.3. The quantitative estimate of drug-likeness (QED) is 0.193. The topological polar surface area (TPSA) is 4.93 Å². The third kappa shape index (κ3) is 3.14. The van der Waals surface area contributed by atoms with Crippen LogP contribution in [0.2, 0.25) is 0 Å². The van der Waals surface area contributed by atoms with Crippen molar-refractivity contribution in [3.8, 4) is 27.9 Å². The number of hydrogen-bond acceptors (Lipinski definition) is 0. The lowest BCUT2D eigenvalue weighted by Crippen LogP contribution is -2.55. The number of nitrogens with zero attached hydrogens (tertiary/aromatic N) is 1. The van der Waals surface area contributed by atoms with Gasteiger partial charge in [0.05, 0.1) is 11.0 Å². The minimum absolute atomic E-state index is 0.161. The Bertz CT molecular complexity index is 2290. The standard InChI is InChI=1S/C44H35N/c1-2-8-29(9-3-1)30-14-17-34(18-15-30)45-41-19-16-31-10-4-5-11-35(31)43(41)38-25-37-36-12-6-7-13-39(36)44(40(37)26-42(38)45)32-21-27-20-28(23-32)24-33(44)22-27/h1-19,25-28,32-33H,20-24H2. The molecule has 0 atom stereocenters. The van der Waals surface area contributed by atoms with Gasteiger partial charge in [0.25, 0.3) is 0 Å². The molecule has 0 aliphatic heterocycles. The van der Waals surface area contributed by atoms with Gasteiger partial charge in [-0.3, -0.25) is 0 Å². The van der Waals surface area contributed by atoms with Gasteiger partial charge in [0.15, 0.2) is 0 Å². The van der Waals surface area contributed by atoms with Gasteiger partial charge >= 0.3 is 0 Å². The van der Waals surface area contributed by atoms with Gasteiger partial charge in [0, 0.05) is 21.9 Å². The van der Waals surface area contributed by atoms with Crippen molar-refractivity contribution >= 4 is 32.6 Å². The van der Waals surface area contributed by atoms with E-state index in [0.29, 0.717) is 0 Å². The average molecular weight is 578 g/mol. The van der Waals surface area contributed by atoms with Crippen LogP contribution in [-0.4, -0.2) is 4.57 Å². The van der Waals surface area contributed by atoms with Crippen LogP contribution in [0.3, 0.4) is 0 Å². The molecule has 5 aliphatic carbocycles. The lowest BCUT2D eigenvalue weighted by Gasteiger charge is -2.61.